The van der Waals surface area contributed by atoms with Crippen molar-refractivity contribution < 1.29 is 9.59 Å². The zero-order valence-electron chi connectivity index (χ0n) is 11.8. The number of nitrogens with two attached hydrogens (primary N) is 1. The average Bonchev–Trinajstić information content (AvgIpc) is 2.80. The van der Waals surface area contributed by atoms with E-state index in [2.05, 4.69) is 21.2 Å². The summed E-state index contributed by atoms with van der Waals surface area (Å²) in [4.78, 5) is 25.8. The quantitative estimate of drug-likeness (QED) is 0.868. The number of halogens is 1. The Bertz CT molecular complexity index is 699. The molecule has 5 nitrogen and oxygen atoms in total. The van der Waals surface area contributed by atoms with Crippen LogP contribution in [-0.2, 0) is 4.79 Å². The van der Waals surface area contributed by atoms with Crippen LogP contribution in [0, 0.1) is 0 Å². The van der Waals surface area contributed by atoms with Crippen LogP contribution in [-0.4, -0.2) is 36.9 Å². The van der Waals surface area contributed by atoms with Crippen LogP contribution in [0.2, 0.25) is 0 Å². The number of carbonyl (C=O) groups is 2. The molecular formula is C14H16BrN3O2S. The van der Waals surface area contributed by atoms with E-state index in [0.29, 0.717) is 17.1 Å². The Labute approximate surface area is 135 Å². The number of carbonyl (C=O) groups excluding carboxylic acids is 2. The molecule has 1 aromatic heterocycles. The SMILES string of the molecule is CCN(C)C(=O)CNC(=O)c1sc2ccc(Br)cc2c1N. The first-order valence-electron chi connectivity index (χ1n) is 6.43. The van der Waals surface area contributed by atoms with E-state index in [0.717, 1.165) is 14.6 Å². The summed E-state index contributed by atoms with van der Waals surface area (Å²) in [5.74, 6) is -0.448. The largest absolute Gasteiger partial charge is 0.397 e. The van der Waals surface area contributed by atoms with Gasteiger partial charge in [0.1, 0.15) is 4.88 Å². The summed E-state index contributed by atoms with van der Waals surface area (Å²) in [6, 6.07) is 5.70. The van der Waals surface area contributed by atoms with Crippen LogP contribution < -0.4 is 11.1 Å². The number of hydrogen-bond donors (Lipinski definition) is 2. The number of nitrogen functional groups attached to an aromatic ring is 1. The van der Waals surface area contributed by atoms with Gasteiger partial charge in [-0.25, -0.2) is 0 Å². The van der Waals surface area contributed by atoms with Gasteiger partial charge < -0.3 is 16.0 Å². The molecule has 0 spiro atoms. The van der Waals surface area contributed by atoms with E-state index in [9.17, 15) is 9.59 Å². The number of amides is 2. The number of anilines is 1. The standard InChI is InChI=1S/C14H16BrN3O2S/c1-3-18(2)11(19)7-17-14(20)13-12(16)9-6-8(15)4-5-10(9)21-13/h4-6H,3,7,16H2,1-2H3,(H,17,20). The molecule has 0 aliphatic rings. The maximum Gasteiger partial charge on any atom is 0.263 e. The molecule has 0 bridgehead atoms. The second-order valence-electron chi connectivity index (χ2n) is 4.58. The minimum Gasteiger partial charge on any atom is -0.397 e. The molecule has 21 heavy (non-hydrogen) atoms. The number of thiophene rings is 1. The Morgan fingerprint density at radius 1 is 1.43 bits per heavy atom. The molecule has 0 fully saturated rings. The monoisotopic (exact) mass is 369 g/mol. The minimum atomic E-state index is -0.317. The molecular weight excluding hydrogens is 354 g/mol. The van der Waals surface area contributed by atoms with E-state index >= 15 is 0 Å². The van der Waals surface area contributed by atoms with E-state index in [4.69, 9.17) is 5.73 Å². The number of rotatable bonds is 4. The molecule has 3 N–H and O–H groups in total. The van der Waals surface area contributed by atoms with Crippen molar-refractivity contribution in [2.24, 2.45) is 0 Å². The van der Waals surface area contributed by atoms with E-state index in [1.165, 1.54) is 11.3 Å². The molecule has 0 radical (unpaired) electrons. The van der Waals surface area contributed by atoms with Gasteiger partial charge in [0, 0.05) is 28.2 Å². The summed E-state index contributed by atoms with van der Waals surface area (Å²) >= 11 is 4.71. The number of nitrogens with zero attached hydrogens (tertiary/aromatic N) is 1. The molecule has 2 amide bonds. The van der Waals surface area contributed by atoms with E-state index in [1.807, 2.05) is 25.1 Å². The van der Waals surface area contributed by atoms with Gasteiger partial charge in [-0.1, -0.05) is 15.9 Å². The number of fused-ring (bicyclic) bond motifs is 1. The lowest BCUT2D eigenvalue weighted by atomic mass is 10.2. The van der Waals surface area contributed by atoms with Gasteiger partial charge in [0.15, 0.2) is 0 Å². The fourth-order valence-electron chi connectivity index (χ4n) is 1.81. The molecule has 0 aliphatic heterocycles. The van der Waals surface area contributed by atoms with E-state index in [-0.39, 0.29) is 18.4 Å². The predicted molar refractivity (Wildman–Crippen MR) is 89.6 cm³/mol. The lowest BCUT2D eigenvalue weighted by Crippen LogP contribution is -2.37. The van der Waals surface area contributed by atoms with Gasteiger partial charge in [-0.3, -0.25) is 9.59 Å². The van der Waals surface area contributed by atoms with Gasteiger partial charge in [0.25, 0.3) is 5.91 Å². The third-order valence-corrected chi connectivity index (χ3v) is 4.87. The summed E-state index contributed by atoms with van der Waals surface area (Å²) in [5.41, 5.74) is 6.48. The van der Waals surface area contributed by atoms with Crippen molar-refractivity contribution in [2.75, 3.05) is 25.9 Å². The highest BCUT2D eigenvalue weighted by molar-refractivity contribution is 9.10. The minimum absolute atomic E-state index is 0.0272. The Hall–Kier alpha value is -1.60. The first-order chi connectivity index (χ1) is 9.93. The highest BCUT2D eigenvalue weighted by Gasteiger charge is 2.17. The predicted octanol–water partition coefficient (Wildman–Crippen LogP) is 2.45. The smallest absolute Gasteiger partial charge is 0.263 e. The van der Waals surface area contributed by atoms with Crippen LogP contribution in [0.5, 0.6) is 0 Å². The molecule has 112 valence electrons. The summed E-state index contributed by atoms with van der Waals surface area (Å²) in [6.45, 7) is 2.45. The summed E-state index contributed by atoms with van der Waals surface area (Å²) in [6.07, 6.45) is 0. The normalized spacial score (nSPS) is 10.6. The topological polar surface area (TPSA) is 75.4 Å². The molecule has 0 saturated heterocycles. The van der Waals surface area contributed by atoms with Crippen molar-refractivity contribution in [3.63, 3.8) is 0 Å². The van der Waals surface area contributed by atoms with Crippen molar-refractivity contribution in [2.45, 2.75) is 6.92 Å². The van der Waals surface area contributed by atoms with Gasteiger partial charge in [-0.05, 0) is 25.1 Å². The van der Waals surface area contributed by atoms with Crippen molar-refractivity contribution >= 4 is 54.9 Å². The third kappa shape index (κ3) is 3.36. The fraction of sp³-hybridized carbons (Fsp3) is 0.286. The van der Waals surface area contributed by atoms with Crippen molar-refractivity contribution in [3.05, 3.63) is 27.5 Å². The van der Waals surface area contributed by atoms with Gasteiger partial charge in [0.05, 0.1) is 12.2 Å². The molecule has 0 aliphatic carbocycles. The van der Waals surface area contributed by atoms with Gasteiger partial charge >= 0.3 is 0 Å². The maximum absolute atomic E-state index is 12.2. The second-order valence-corrected chi connectivity index (χ2v) is 6.54. The van der Waals surface area contributed by atoms with Crippen LogP contribution in [0.3, 0.4) is 0 Å². The zero-order valence-corrected chi connectivity index (χ0v) is 14.2. The third-order valence-electron chi connectivity index (χ3n) is 3.19. The Balaban J connectivity index is 2.16. The van der Waals surface area contributed by atoms with Crippen LogP contribution >= 0.6 is 27.3 Å². The van der Waals surface area contributed by atoms with Crippen LogP contribution in [0.1, 0.15) is 16.6 Å². The van der Waals surface area contributed by atoms with Gasteiger partial charge in [-0.2, -0.15) is 0 Å². The van der Waals surface area contributed by atoms with Crippen molar-refractivity contribution in [1.82, 2.24) is 10.2 Å². The Morgan fingerprint density at radius 3 is 2.81 bits per heavy atom. The molecule has 1 heterocycles. The van der Waals surface area contributed by atoms with E-state index < -0.39 is 0 Å². The molecule has 1 aromatic carbocycles. The highest BCUT2D eigenvalue weighted by Crippen LogP contribution is 2.35. The average molecular weight is 370 g/mol. The van der Waals surface area contributed by atoms with Crippen LogP contribution in [0.25, 0.3) is 10.1 Å². The lowest BCUT2D eigenvalue weighted by Gasteiger charge is -2.14. The zero-order chi connectivity index (χ0) is 15.6. The van der Waals surface area contributed by atoms with E-state index in [1.54, 1.807) is 11.9 Å². The molecule has 2 rings (SSSR count). The lowest BCUT2D eigenvalue weighted by molar-refractivity contribution is -0.128. The first kappa shape index (κ1) is 15.8. The molecule has 0 saturated carbocycles. The first-order valence-corrected chi connectivity index (χ1v) is 8.04. The number of benzene rings is 1. The van der Waals surface area contributed by atoms with Gasteiger partial charge in [0.2, 0.25) is 5.91 Å². The molecule has 0 atom stereocenters. The van der Waals surface area contributed by atoms with Crippen molar-refractivity contribution in [3.8, 4) is 0 Å². The number of likely N-dealkylation sites (N-methyl/N-ethyl adjacent to an activating group) is 1. The van der Waals surface area contributed by atoms with Crippen molar-refractivity contribution in [1.29, 1.82) is 0 Å². The Morgan fingerprint density at radius 2 is 2.14 bits per heavy atom. The number of hydrogen-bond acceptors (Lipinski definition) is 4. The van der Waals surface area contributed by atoms with Gasteiger partial charge in [-0.15, -0.1) is 11.3 Å². The second kappa shape index (κ2) is 6.44. The summed E-state index contributed by atoms with van der Waals surface area (Å²) in [7, 11) is 1.69. The summed E-state index contributed by atoms with van der Waals surface area (Å²) in [5, 5.41) is 3.46. The maximum atomic E-state index is 12.2. The molecule has 7 heteroatoms. The summed E-state index contributed by atoms with van der Waals surface area (Å²) < 4.78 is 1.85. The molecule has 2 aromatic rings. The Kier molecular flexibility index (Phi) is 4.84. The van der Waals surface area contributed by atoms with Crippen LogP contribution in [0.15, 0.2) is 22.7 Å². The highest BCUT2D eigenvalue weighted by atomic mass is 79.9. The molecule has 0 unspecified atom stereocenters. The van der Waals surface area contributed by atoms with Crippen LogP contribution in [0.4, 0.5) is 5.69 Å². The number of nitrogens with one attached hydrogen (secondary N) is 1. The fourth-order valence-corrected chi connectivity index (χ4v) is 3.19.